The molecule has 0 saturated heterocycles. The van der Waals surface area contributed by atoms with E-state index in [1.807, 2.05) is 6.07 Å². The number of carbonyl (C=O) groups excluding carboxylic acids is 1. The second kappa shape index (κ2) is 12.6. The zero-order valence-corrected chi connectivity index (χ0v) is 25.3. The van der Waals surface area contributed by atoms with Gasteiger partial charge < -0.3 is 23.5 Å². The van der Waals surface area contributed by atoms with Crippen LogP contribution >= 0.6 is 0 Å². The van der Waals surface area contributed by atoms with Crippen LogP contribution in [0.5, 0.6) is 5.88 Å². The molecule has 0 aliphatic carbocycles. The van der Waals surface area contributed by atoms with E-state index in [-0.39, 0.29) is 43.6 Å². The van der Waals surface area contributed by atoms with Crippen molar-refractivity contribution in [3.8, 4) is 34.3 Å². The minimum atomic E-state index is -2.96. The molecular formula is C29H32F2N6O5Si. The molecule has 0 fully saturated rings. The third kappa shape index (κ3) is 6.29. The van der Waals surface area contributed by atoms with Gasteiger partial charge in [-0.25, -0.2) is 28.2 Å². The molecule has 0 aromatic carbocycles. The van der Waals surface area contributed by atoms with Crippen LogP contribution in [0, 0.1) is 11.3 Å². The Morgan fingerprint density at radius 3 is 2.70 bits per heavy atom. The number of esters is 1. The van der Waals surface area contributed by atoms with Gasteiger partial charge in [0.1, 0.15) is 49.2 Å². The third-order valence-electron chi connectivity index (χ3n) is 7.04. The first-order chi connectivity index (χ1) is 20.6. The molecule has 226 valence electrons. The number of hydrogen-bond acceptors (Lipinski definition) is 9. The molecule has 0 saturated carbocycles. The SMILES string of the molecule is COC(=O)CO[C@@H]1COc2c(-c3c(-c4cccnc4C#N)c4cccnc4n3COCC[Si](C)(C)C)c(C(F)F)nn2C1. The predicted molar refractivity (Wildman–Crippen MR) is 155 cm³/mol. The molecular weight excluding hydrogens is 578 g/mol. The molecule has 43 heavy (non-hydrogen) atoms. The summed E-state index contributed by atoms with van der Waals surface area (Å²) >= 11 is 0. The van der Waals surface area contributed by atoms with Gasteiger partial charge in [0, 0.05) is 43.6 Å². The van der Waals surface area contributed by atoms with Gasteiger partial charge in [-0.15, -0.1) is 0 Å². The average molecular weight is 611 g/mol. The second-order valence-corrected chi connectivity index (χ2v) is 16.9. The highest BCUT2D eigenvalue weighted by Crippen LogP contribution is 2.48. The zero-order chi connectivity index (χ0) is 30.7. The molecule has 0 unspecified atom stereocenters. The highest BCUT2D eigenvalue weighted by atomic mass is 28.3. The van der Waals surface area contributed by atoms with Gasteiger partial charge in [0.25, 0.3) is 6.43 Å². The lowest BCUT2D eigenvalue weighted by molar-refractivity contribution is -0.149. The topological polar surface area (TPSA) is 126 Å². The Hall–Kier alpha value is -4.19. The highest BCUT2D eigenvalue weighted by molar-refractivity contribution is 6.76. The van der Waals surface area contributed by atoms with Crippen molar-refractivity contribution in [2.24, 2.45) is 0 Å². The minimum absolute atomic E-state index is 0.00474. The lowest BCUT2D eigenvalue weighted by atomic mass is 9.97. The first-order valence-corrected chi connectivity index (χ1v) is 17.4. The summed E-state index contributed by atoms with van der Waals surface area (Å²) < 4.78 is 54.9. The van der Waals surface area contributed by atoms with Gasteiger partial charge in [-0.05, 0) is 30.3 Å². The third-order valence-corrected chi connectivity index (χ3v) is 8.75. The molecule has 4 aromatic rings. The number of nitriles is 1. The van der Waals surface area contributed by atoms with Gasteiger partial charge in [-0.3, -0.25) is 0 Å². The van der Waals surface area contributed by atoms with Crippen LogP contribution in [0.25, 0.3) is 33.4 Å². The van der Waals surface area contributed by atoms with E-state index in [4.69, 9.17) is 14.2 Å². The van der Waals surface area contributed by atoms with E-state index in [1.165, 1.54) is 18.0 Å². The number of nitrogens with zero attached hydrogens (tertiary/aromatic N) is 6. The molecule has 11 nitrogen and oxygen atoms in total. The van der Waals surface area contributed by atoms with Crippen molar-refractivity contribution in [3.05, 3.63) is 48.0 Å². The number of halogens is 2. The Kier molecular flexibility index (Phi) is 8.86. The van der Waals surface area contributed by atoms with Gasteiger partial charge in [0.2, 0.25) is 5.88 Å². The van der Waals surface area contributed by atoms with E-state index >= 15 is 0 Å². The molecule has 0 spiro atoms. The van der Waals surface area contributed by atoms with Crippen LogP contribution in [0.3, 0.4) is 0 Å². The molecule has 14 heteroatoms. The number of fused-ring (bicyclic) bond motifs is 2. The summed E-state index contributed by atoms with van der Waals surface area (Å²) in [5.74, 6) is -0.455. The molecule has 0 amide bonds. The molecule has 1 aliphatic heterocycles. The van der Waals surface area contributed by atoms with Crippen molar-refractivity contribution in [3.63, 3.8) is 0 Å². The number of carbonyl (C=O) groups is 1. The molecule has 1 aliphatic rings. The van der Waals surface area contributed by atoms with Crippen LogP contribution in [-0.2, 0) is 32.3 Å². The molecule has 5 rings (SSSR count). The summed E-state index contributed by atoms with van der Waals surface area (Å²) in [6.45, 7) is 6.98. The van der Waals surface area contributed by atoms with E-state index in [2.05, 4.69) is 45.5 Å². The monoisotopic (exact) mass is 610 g/mol. The van der Waals surface area contributed by atoms with Gasteiger partial charge >= 0.3 is 5.97 Å². The van der Waals surface area contributed by atoms with Gasteiger partial charge in [-0.2, -0.15) is 10.4 Å². The second-order valence-electron chi connectivity index (χ2n) is 11.3. The van der Waals surface area contributed by atoms with E-state index in [0.29, 0.717) is 34.5 Å². The Morgan fingerprint density at radius 2 is 1.98 bits per heavy atom. The maximum absolute atomic E-state index is 14.8. The first-order valence-electron chi connectivity index (χ1n) is 13.7. The van der Waals surface area contributed by atoms with Crippen LogP contribution in [0.2, 0.25) is 25.7 Å². The van der Waals surface area contributed by atoms with Gasteiger partial charge in [0.05, 0.1) is 24.9 Å². The minimum Gasteiger partial charge on any atom is -0.474 e. The maximum Gasteiger partial charge on any atom is 0.331 e. The first kappa shape index (κ1) is 30.3. The van der Waals surface area contributed by atoms with Crippen molar-refractivity contribution >= 4 is 25.1 Å². The normalized spacial score (nSPS) is 14.9. The Labute approximate surface area is 248 Å². The fourth-order valence-electron chi connectivity index (χ4n) is 4.94. The maximum atomic E-state index is 14.8. The van der Waals surface area contributed by atoms with Crippen LogP contribution in [0.4, 0.5) is 8.78 Å². The number of rotatable bonds is 11. The van der Waals surface area contributed by atoms with Crippen molar-refractivity contribution < 1.29 is 32.5 Å². The molecule has 0 N–H and O–H groups in total. The van der Waals surface area contributed by atoms with E-state index < -0.39 is 32.3 Å². The summed E-state index contributed by atoms with van der Waals surface area (Å²) in [5.41, 5.74) is 1.46. The Morgan fingerprint density at radius 1 is 1.21 bits per heavy atom. The summed E-state index contributed by atoms with van der Waals surface area (Å²) in [4.78, 5) is 20.4. The number of ether oxygens (including phenoxy) is 4. The largest absolute Gasteiger partial charge is 0.474 e. The summed E-state index contributed by atoms with van der Waals surface area (Å²) in [6.07, 6.45) is -0.465. The van der Waals surface area contributed by atoms with E-state index in [0.717, 1.165) is 6.04 Å². The van der Waals surface area contributed by atoms with Crippen molar-refractivity contribution in [2.75, 3.05) is 26.9 Å². The van der Waals surface area contributed by atoms with Crippen LogP contribution in [0.1, 0.15) is 17.8 Å². The van der Waals surface area contributed by atoms with E-state index in [9.17, 15) is 18.8 Å². The number of methoxy groups -OCH3 is 1. The quantitative estimate of drug-likeness (QED) is 0.130. The van der Waals surface area contributed by atoms with Crippen LogP contribution < -0.4 is 4.74 Å². The zero-order valence-electron chi connectivity index (χ0n) is 24.3. The fourth-order valence-corrected chi connectivity index (χ4v) is 5.69. The summed E-state index contributed by atoms with van der Waals surface area (Å²) in [5, 5.41) is 14.8. The smallest absolute Gasteiger partial charge is 0.331 e. The molecule has 0 bridgehead atoms. The fraction of sp³-hybridized carbons (Fsp3) is 0.414. The summed E-state index contributed by atoms with van der Waals surface area (Å²) in [6, 6.07) is 10.0. The number of pyridine rings is 2. The number of alkyl halides is 2. The Balaban J connectivity index is 1.71. The predicted octanol–water partition coefficient (Wildman–Crippen LogP) is 5.03. The molecule has 4 aromatic heterocycles. The van der Waals surface area contributed by atoms with Crippen molar-refractivity contribution in [1.29, 1.82) is 5.26 Å². The molecule has 5 heterocycles. The standard InChI is InChI=1S/C29H32F2N6O5Si/c1-39-22(38)16-41-18-14-37-29(42-15-18)24(25(35-37)27(30)31)26-23(19-7-5-9-33-21(19)13-32)20-8-6-10-34-28(20)36(26)17-40-11-12-43(2,3)4/h5-10,18,27H,11-12,14-17H2,1-4H3/t18-/m0/s1. The van der Waals surface area contributed by atoms with Crippen LogP contribution in [-0.4, -0.2) is 71.4 Å². The van der Waals surface area contributed by atoms with E-state index in [1.54, 1.807) is 29.0 Å². The summed E-state index contributed by atoms with van der Waals surface area (Å²) in [7, 11) is -0.164. The lowest BCUT2D eigenvalue weighted by Crippen LogP contribution is -2.34. The molecule has 1 atom stereocenters. The van der Waals surface area contributed by atoms with Gasteiger partial charge in [-0.1, -0.05) is 19.6 Å². The average Bonchev–Trinajstić information content (AvgIpc) is 3.52. The lowest BCUT2D eigenvalue weighted by Gasteiger charge is -2.25. The van der Waals surface area contributed by atoms with Crippen molar-refractivity contribution in [1.82, 2.24) is 24.3 Å². The van der Waals surface area contributed by atoms with Crippen molar-refractivity contribution in [2.45, 2.75) is 51.5 Å². The molecule has 0 radical (unpaired) electrons. The number of hydrogen-bond donors (Lipinski definition) is 0. The number of aromatic nitrogens is 5. The highest BCUT2D eigenvalue weighted by Gasteiger charge is 2.36. The van der Waals surface area contributed by atoms with Gasteiger partial charge in [0.15, 0.2) is 0 Å². The van der Waals surface area contributed by atoms with Crippen LogP contribution in [0.15, 0.2) is 36.7 Å². The Bertz CT molecular complexity index is 1680.